The van der Waals surface area contributed by atoms with Crippen molar-refractivity contribution in [3.8, 4) is 0 Å². The van der Waals surface area contributed by atoms with Gasteiger partial charge in [0.1, 0.15) is 0 Å². The summed E-state index contributed by atoms with van der Waals surface area (Å²) in [4.78, 5) is 32.4. The lowest BCUT2D eigenvalue weighted by atomic mass is 9.86. The van der Waals surface area contributed by atoms with E-state index in [0.29, 0.717) is 12.5 Å². The van der Waals surface area contributed by atoms with Crippen LogP contribution in [0.15, 0.2) is 18.2 Å². The van der Waals surface area contributed by atoms with Crippen molar-refractivity contribution in [1.29, 1.82) is 0 Å². The van der Waals surface area contributed by atoms with E-state index in [2.05, 4.69) is 5.32 Å². The molecule has 2 aliphatic rings. The first-order valence-electron chi connectivity index (χ1n) is 8.16. The summed E-state index contributed by atoms with van der Waals surface area (Å²) in [6.07, 6.45) is 6.02. The summed E-state index contributed by atoms with van der Waals surface area (Å²) in [5.41, 5.74) is -0.964. The largest absolute Gasteiger partial charge is 0.352 e. The minimum absolute atomic E-state index is 0.0520. The number of amides is 1. The fourth-order valence-corrected chi connectivity index (χ4v) is 4.14. The molecule has 0 aromatic heterocycles. The Morgan fingerprint density at radius 2 is 1.75 bits per heavy atom. The Balaban J connectivity index is 1.61. The van der Waals surface area contributed by atoms with E-state index in [-0.39, 0.29) is 5.56 Å². The summed E-state index contributed by atoms with van der Waals surface area (Å²) in [5, 5.41) is 24.5. The Bertz CT molecular complexity index is 658. The van der Waals surface area contributed by atoms with E-state index in [1.807, 2.05) is 0 Å². The van der Waals surface area contributed by atoms with Crippen LogP contribution >= 0.6 is 0 Å². The van der Waals surface area contributed by atoms with Crippen LogP contribution in [0.3, 0.4) is 0 Å². The van der Waals surface area contributed by atoms with Crippen molar-refractivity contribution >= 4 is 17.3 Å². The number of hydrogen-bond donors (Lipinski definition) is 1. The molecule has 1 N–H and O–H groups in total. The highest BCUT2D eigenvalue weighted by molar-refractivity contribution is 5.95. The Hall–Kier alpha value is -2.51. The van der Waals surface area contributed by atoms with Crippen LogP contribution in [0.1, 0.15) is 42.5 Å². The van der Waals surface area contributed by atoms with Crippen molar-refractivity contribution in [3.63, 3.8) is 0 Å². The van der Waals surface area contributed by atoms with Gasteiger partial charge in [-0.25, -0.2) is 0 Å². The zero-order valence-corrected chi connectivity index (χ0v) is 13.1. The molecule has 2 fully saturated rings. The molecular formula is C16H19N3O5. The summed E-state index contributed by atoms with van der Waals surface area (Å²) >= 11 is 0. The summed E-state index contributed by atoms with van der Waals surface area (Å²) in [6.45, 7) is 0.489. The van der Waals surface area contributed by atoms with Gasteiger partial charge in [0.15, 0.2) is 0 Å². The highest BCUT2D eigenvalue weighted by Crippen LogP contribution is 2.49. The second-order valence-corrected chi connectivity index (χ2v) is 6.73. The summed E-state index contributed by atoms with van der Waals surface area (Å²) < 4.78 is 0. The number of hydrogen-bond acceptors (Lipinski definition) is 5. The Morgan fingerprint density at radius 3 is 2.25 bits per heavy atom. The van der Waals surface area contributed by atoms with Gasteiger partial charge in [-0.15, -0.1) is 0 Å². The van der Waals surface area contributed by atoms with Crippen LogP contribution in [0.2, 0.25) is 0 Å². The van der Waals surface area contributed by atoms with Crippen LogP contribution < -0.4 is 5.32 Å². The average molecular weight is 333 g/mol. The molecule has 24 heavy (non-hydrogen) atoms. The minimum Gasteiger partial charge on any atom is -0.352 e. The molecule has 1 amide bonds. The number of nitrogens with one attached hydrogen (secondary N) is 1. The quantitative estimate of drug-likeness (QED) is 0.634. The number of rotatable bonds is 6. The lowest BCUT2D eigenvalue weighted by molar-refractivity contribution is -0.394. The zero-order chi connectivity index (χ0) is 17.3. The third-order valence-corrected chi connectivity index (χ3v) is 5.27. The zero-order valence-electron chi connectivity index (χ0n) is 13.1. The fourth-order valence-electron chi connectivity index (χ4n) is 4.14. The molecule has 0 saturated heterocycles. The second kappa shape index (κ2) is 6.54. The van der Waals surface area contributed by atoms with Crippen molar-refractivity contribution in [3.05, 3.63) is 44.0 Å². The van der Waals surface area contributed by atoms with Gasteiger partial charge in [-0.2, -0.15) is 0 Å². The highest BCUT2D eigenvalue weighted by Gasteiger charge is 2.38. The van der Waals surface area contributed by atoms with Crippen molar-refractivity contribution < 1.29 is 14.6 Å². The number of non-ortho nitro benzene ring substituents is 2. The van der Waals surface area contributed by atoms with E-state index in [1.54, 1.807) is 0 Å². The van der Waals surface area contributed by atoms with Gasteiger partial charge in [0.2, 0.25) is 0 Å². The molecule has 0 heterocycles. The molecular weight excluding hydrogens is 314 g/mol. The fraction of sp³-hybridized carbons (Fsp3) is 0.562. The van der Waals surface area contributed by atoms with Gasteiger partial charge in [0.25, 0.3) is 17.3 Å². The molecule has 1 aromatic carbocycles. The third-order valence-electron chi connectivity index (χ3n) is 5.27. The van der Waals surface area contributed by atoms with Gasteiger partial charge < -0.3 is 5.32 Å². The van der Waals surface area contributed by atoms with Crippen LogP contribution in [-0.2, 0) is 0 Å². The molecule has 2 aliphatic carbocycles. The van der Waals surface area contributed by atoms with Crippen LogP contribution in [0.25, 0.3) is 0 Å². The van der Waals surface area contributed by atoms with Gasteiger partial charge in [-0.1, -0.05) is 6.42 Å². The van der Waals surface area contributed by atoms with Crippen molar-refractivity contribution in [1.82, 2.24) is 5.32 Å². The number of nitrogens with zero attached hydrogens (tertiary/aromatic N) is 2. The normalized spacial score (nSPS) is 24.8. The number of benzene rings is 1. The average Bonchev–Trinajstić information content (AvgIpc) is 3.17. The van der Waals surface area contributed by atoms with E-state index in [9.17, 15) is 25.0 Å². The first-order chi connectivity index (χ1) is 11.4. The first-order valence-corrected chi connectivity index (χ1v) is 8.16. The summed E-state index contributed by atoms with van der Waals surface area (Å²) in [6, 6.07) is 2.99. The maximum Gasteiger partial charge on any atom is 0.277 e. The van der Waals surface area contributed by atoms with Gasteiger partial charge in [0, 0.05) is 18.7 Å². The molecule has 8 heteroatoms. The first kappa shape index (κ1) is 16.4. The molecule has 1 aromatic rings. The monoisotopic (exact) mass is 333 g/mol. The van der Waals surface area contributed by atoms with Gasteiger partial charge in [-0.05, 0) is 43.4 Å². The van der Waals surface area contributed by atoms with E-state index in [0.717, 1.165) is 36.5 Å². The smallest absolute Gasteiger partial charge is 0.277 e. The van der Waals surface area contributed by atoms with Crippen LogP contribution in [-0.4, -0.2) is 22.3 Å². The third kappa shape index (κ3) is 3.37. The number of nitro benzene ring substituents is 2. The highest BCUT2D eigenvalue weighted by atomic mass is 16.6. The van der Waals surface area contributed by atoms with Crippen LogP contribution in [0.5, 0.6) is 0 Å². The van der Waals surface area contributed by atoms with Crippen molar-refractivity contribution in [2.45, 2.75) is 32.1 Å². The maximum atomic E-state index is 12.2. The molecule has 8 nitrogen and oxygen atoms in total. The molecule has 3 rings (SSSR count). The summed E-state index contributed by atoms with van der Waals surface area (Å²) in [5.74, 6) is 1.74. The van der Waals surface area contributed by atoms with Gasteiger partial charge in [-0.3, -0.25) is 25.0 Å². The Kier molecular flexibility index (Phi) is 4.46. The van der Waals surface area contributed by atoms with E-state index >= 15 is 0 Å². The number of fused-ring (bicyclic) bond motifs is 2. The molecule has 3 unspecified atom stereocenters. The maximum absolute atomic E-state index is 12.2. The lowest BCUT2D eigenvalue weighted by Gasteiger charge is -2.21. The van der Waals surface area contributed by atoms with Gasteiger partial charge in [0.05, 0.1) is 21.5 Å². The van der Waals surface area contributed by atoms with Crippen LogP contribution in [0.4, 0.5) is 11.4 Å². The van der Waals surface area contributed by atoms with Gasteiger partial charge >= 0.3 is 0 Å². The van der Waals surface area contributed by atoms with E-state index < -0.39 is 27.1 Å². The van der Waals surface area contributed by atoms with E-state index in [4.69, 9.17) is 0 Å². The molecule has 3 atom stereocenters. The number of nitro groups is 2. The SMILES string of the molecule is O=C(NCCC1CC2CCC1C2)c1cc([N+](=O)[O-])cc([N+](=O)[O-])c1. The summed E-state index contributed by atoms with van der Waals surface area (Å²) in [7, 11) is 0. The Morgan fingerprint density at radius 1 is 1.08 bits per heavy atom. The molecule has 2 bridgehead atoms. The number of carbonyl (C=O) groups is 1. The van der Waals surface area contributed by atoms with Crippen molar-refractivity contribution in [2.24, 2.45) is 17.8 Å². The minimum atomic E-state index is -0.737. The topological polar surface area (TPSA) is 115 Å². The molecule has 128 valence electrons. The molecule has 0 aliphatic heterocycles. The van der Waals surface area contributed by atoms with Crippen molar-refractivity contribution in [2.75, 3.05) is 6.54 Å². The lowest BCUT2D eigenvalue weighted by Crippen LogP contribution is -2.27. The molecule has 0 spiro atoms. The van der Waals surface area contributed by atoms with Crippen LogP contribution in [0, 0.1) is 38.0 Å². The Labute approximate surface area is 138 Å². The second-order valence-electron chi connectivity index (χ2n) is 6.73. The molecule has 2 saturated carbocycles. The molecule has 0 radical (unpaired) electrons. The predicted octanol–water partition coefficient (Wildman–Crippen LogP) is 3.06. The van der Waals surface area contributed by atoms with E-state index in [1.165, 1.54) is 25.7 Å². The standard InChI is InChI=1S/C16H19N3O5/c20-16(17-4-3-12-6-10-1-2-11(12)5-10)13-7-14(18(21)22)9-15(8-13)19(23)24/h7-12H,1-6H2,(H,17,20). The number of carbonyl (C=O) groups excluding carboxylic acids is 1. The predicted molar refractivity (Wildman–Crippen MR) is 85.6 cm³/mol.